The van der Waals surface area contributed by atoms with Gasteiger partial charge in [-0.1, -0.05) is 18.9 Å². The number of hydrogen-bond acceptors (Lipinski definition) is 3. The number of benzene rings is 1. The van der Waals surface area contributed by atoms with Crippen LogP contribution in [0.4, 0.5) is 0 Å². The molecule has 0 saturated carbocycles. The lowest BCUT2D eigenvalue weighted by molar-refractivity contribution is 0.108. The summed E-state index contributed by atoms with van der Waals surface area (Å²) in [5.74, 6) is 0.427. The van der Waals surface area contributed by atoms with E-state index in [1.807, 2.05) is 6.08 Å². The molecule has 0 saturated heterocycles. The number of carbonyl (C=O) groups is 2. The summed E-state index contributed by atoms with van der Waals surface area (Å²) < 4.78 is 5.55. The minimum absolute atomic E-state index is 0.198. The fourth-order valence-corrected chi connectivity index (χ4v) is 2.06. The molecule has 0 atom stereocenters. The van der Waals surface area contributed by atoms with Gasteiger partial charge >= 0.3 is 0 Å². The first-order valence-corrected chi connectivity index (χ1v) is 7.58. The Hall–Kier alpha value is -1.32. The van der Waals surface area contributed by atoms with Crippen LogP contribution in [0, 0.1) is 0 Å². The average Bonchev–Trinajstić information content (AvgIpc) is 2.46. The van der Waals surface area contributed by atoms with Crippen LogP contribution in [0.15, 0.2) is 30.9 Å². The average molecular weight is 329 g/mol. The fourth-order valence-electron chi connectivity index (χ4n) is 1.84. The molecule has 0 aliphatic heterocycles. The van der Waals surface area contributed by atoms with Crippen molar-refractivity contribution in [2.75, 3.05) is 6.61 Å². The Morgan fingerprint density at radius 1 is 1.00 bits per heavy atom. The number of rotatable bonds is 10. The molecule has 0 aliphatic carbocycles. The maximum atomic E-state index is 11.2. The molecule has 0 heterocycles. The Morgan fingerprint density at radius 3 is 2.10 bits per heavy atom. The van der Waals surface area contributed by atoms with Crippen molar-refractivity contribution in [1.82, 2.24) is 0 Å². The van der Waals surface area contributed by atoms with E-state index in [9.17, 15) is 9.59 Å². The van der Waals surface area contributed by atoms with E-state index < -0.39 is 10.5 Å². The van der Waals surface area contributed by atoms with E-state index in [2.05, 4.69) is 6.58 Å². The maximum absolute atomic E-state index is 11.2. The highest BCUT2D eigenvalue weighted by Gasteiger charge is 2.11. The summed E-state index contributed by atoms with van der Waals surface area (Å²) in [6.45, 7) is 4.20. The second-order valence-electron chi connectivity index (χ2n) is 4.63. The molecule has 0 N–H and O–H groups in total. The second-order valence-corrected chi connectivity index (χ2v) is 5.32. The molecule has 0 fully saturated rings. The first-order chi connectivity index (χ1) is 10.0. The van der Waals surface area contributed by atoms with Crippen molar-refractivity contribution in [3.05, 3.63) is 42.0 Å². The summed E-state index contributed by atoms with van der Waals surface area (Å²) in [4.78, 5) is 22.4. The number of ether oxygens (including phenoxy) is 1. The highest BCUT2D eigenvalue weighted by molar-refractivity contribution is 6.69. The fraction of sp³-hybridized carbons (Fsp3) is 0.375. The molecule has 1 aromatic carbocycles. The summed E-state index contributed by atoms with van der Waals surface area (Å²) in [5.41, 5.74) is 0.397. The van der Waals surface area contributed by atoms with E-state index >= 15 is 0 Å². The number of allylic oxidation sites excluding steroid dienone is 1. The van der Waals surface area contributed by atoms with Crippen molar-refractivity contribution in [3.63, 3.8) is 0 Å². The van der Waals surface area contributed by atoms with Crippen LogP contribution < -0.4 is 4.74 Å². The predicted molar refractivity (Wildman–Crippen MR) is 85.6 cm³/mol. The van der Waals surface area contributed by atoms with Gasteiger partial charge in [0.1, 0.15) is 5.75 Å². The summed E-state index contributed by atoms with van der Waals surface area (Å²) in [6.07, 6.45) is 7.16. The quantitative estimate of drug-likeness (QED) is 0.346. The lowest BCUT2D eigenvalue weighted by atomic mass is 10.1. The van der Waals surface area contributed by atoms with Crippen LogP contribution in [-0.2, 0) is 0 Å². The summed E-state index contributed by atoms with van der Waals surface area (Å²) in [7, 11) is 0. The van der Waals surface area contributed by atoms with Crippen molar-refractivity contribution >= 4 is 33.7 Å². The van der Waals surface area contributed by atoms with Gasteiger partial charge in [-0.3, -0.25) is 9.59 Å². The number of unbranched alkanes of at least 4 members (excludes halogenated alkanes) is 4. The summed E-state index contributed by atoms with van der Waals surface area (Å²) in [6, 6.07) is 4.37. The standard InChI is InChI=1S/C16H18Cl2O3/c1-2-3-4-5-6-7-8-21-14-10-12(15(17)19)9-13(11-14)16(18)20/h2,9-11H,1,3-8H2. The Morgan fingerprint density at radius 2 is 1.57 bits per heavy atom. The molecule has 0 aromatic heterocycles. The molecule has 114 valence electrons. The molecule has 0 amide bonds. The van der Waals surface area contributed by atoms with Crippen molar-refractivity contribution in [2.45, 2.75) is 32.1 Å². The van der Waals surface area contributed by atoms with Gasteiger partial charge in [-0.2, -0.15) is 0 Å². The van der Waals surface area contributed by atoms with Gasteiger partial charge in [0.05, 0.1) is 6.61 Å². The van der Waals surface area contributed by atoms with Gasteiger partial charge in [-0.15, -0.1) is 6.58 Å². The third-order valence-corrected chi connectivity index (χ3v) is 3.37. The zero-order chi connectivity index (χ0) is 15.7. The van der Waals surface area contributed by atoms with Crippen LogP contribution in [0.2, 0.25) is 0 Å². The largest absolute Gasteiger partial charge is 0.494 e. The minimum atomic E-state index is -0.649. The van der Waals surface area contributed by atoms with Gasteiger partial charge in [-0.05, 0) is 60.7 Å². The van der Waals surface area contributed by atoms with E-state index in [-0.39, 0.29) is 11.1 Å². The molecule has 0 bridgehead atoms. The maximum Gasteiger partial charge on any atom is 0.252 e. The van der Waals surface area contributed by atoms with Crippen molar-refractivity contribution in [1.29, 1.82) is 0 Å². The van der Waals surface area contributed by atoms with Gasteiger partial charge in [0.25, 0.3) is 10.5 Å². The third-order valence-electron chi connectivity index (χ3n) is 2.93. The molecular formula is C16H18Cl2O3. The van der Waals surface area contributed by atoms with Gasteiger partial charge in [0, 0.05) is 11.1 Å². The van der Waals surface area contributed by atoms with E-state index in [0.717, 1.165) is 32.1 Å². The molecule has 1 rings (SSSR count). The Labute approximate surface area is 134 Å². The third kappa shape index (κ3) is 6.78. The summed E-state index contributed by atoms with van der Waals surface area (Å²) >= 11 is 10.9. The molecule has 21 heavy (non-hydrogen) atoms. The van der Waals surface area contributed by atoms with E-state index in [1.165, 1.54) is 18.2 Å². The molecular weight excluding hydrogens is 311 g/mol. The number of carbonyl (C=O) groups excluding carboxylic acids is 2. The number of halogens is 2. The molecule has 0 spiro atoms. The highest BCUT2D eigenvalue weighted by Crippen LogP contribution is 2.20. The van der Waals surface area contributed by atoms with Crippen LogP contribution in [0.3, 0.4) is 0 Å². The van der Waals surface area contributed by atoms with E-state index in [4.69, 9.17) is 27.9 Å². The van der Waals surface area contributed by atoms with E-state index in [0.29, 0.717) is 12.4 Å². The van der Waals surface area contributed by atoms with Crippen LogP contribution in [0.1, 0.15) is 52.8 Å². The molecule has 0 unspecified atom stereocenters. The Balaban J connectivity index is 2.52. The monoisotopic (exact) mass is 328 g/mol. The lowest BCUT2D eigenvalue weighted by Gasteiger charge is -2.08. The van der Waals surface area contributed by atoms with Crippen LogP contribution in [0.25, 0.3) is 0 Å². The molecule has 3 nitrogen and oxygen atoms in total. The smallest absolute Gasteiger partial charge is 0.252 e. The van der Waals surface area contributed by atoms with Crippen molar-refractivity contribution in [2.24, 2.45) is 0 Å². The molecule has 5 heteroatoms. The Kier molecular flexibility index (Phi) is 8.09. The zero-order valence-electron chi connectivity index (χ0n) is 11.7. The SMILES string of the molecule is C=CCCCCCCOc1cc(C(=O)Cl)cc(C(=O)Cl)c1. The summed E-state index contributed by atoms with van der Waals surface area (Å²) in [5, 5.41) is -1.30. The zero-order valence-corrected chi connectivity index (χ0v) is 13.3. The van der Waals surface area contributed by atoms with Crippen molar-refractivity contribution in [3.8, 4) is 5.75 Å². The van der Waals surface area contributed by atoms with Gasteiger partial charge in [0.2, 0.25) is 0 Å². The van der Waals surface area contributed by atoms with Crippen molar-refractivity contribution < 1.29 is 14.3 Å². The highest BCUT2D eigenvalue weighted by atomic mass is 35.5. The van der Waals surface area contributed by atoms with Crippen LogP contribution >= 0.6 is 23.2 Å². The van der Waals surface area contributed by atoms with Gasteiger partial charge in [-0.25, -0.2) is 0 Å². The number of hydrogen-bond donors (Lipinski definition) is 0. The van der Waals surface area contributed by atoms with Gasteiger partial charge in [0.15, 0.2) is 0 Å². The first-order valence-electron chi connectivity index (χ1n) is 6.83. The molecule has 0 radical (unpaired) electrons. The molecule has 0 aliphatic rings. The lowest BCUT2D eigenvalue weighted by Crippen LogP contribution is -2.01. The van der Waals surface area contributed by atoms with E-state index in [1.54, 1.807) is 0 Å². The minimum Gasteiger partial charge on any atom is -0.494 e. The van der Waals surface area contributed by atoms with Crippen LogP contribution in [0.5, 0.6) is 5.75 Å². The molecule has 1 aromatic rings. The second kappa shape index (κ2) is 9.59. The van der Waals surface area contributed by atoms with Gasteiger partial charge < -0.3 is 4.74 Å². The first kappa shape index (κ1) is 17.7. The Bertz CT molecular complexity index is 480. The topological polar surface area (TPSA) is 43.4 Å². The predicted octanol–water partition coefficient (Wildman–Crippen LogP) is 4.96. The normalized spacial score (nSPS) is 10.2. The van der Waals surface area contributed by atoms with Crippen LogP contribution in [-0.4, -0.2) is 17.1 Å².